The maximum Gasteiger partial charge on any atom is 0.573 e. The van der Waals surface area contributed by atoms with Crippen LogP contribution in [0.25, 0.3) is 0 Å². The van der Waals surface area contributed by atoms with Gasteiger partial charge >= 0.3 is 12.3 Å². The zero-order chi connectivity index (χ0) is 35.4. The van der Waals surface area contributed by atoms with Gasteiger partial charge in [-0.25, -0.2) is 8.42 Å². The summed E-state index contributed by atoms with van der Waals surface area (Å²) < 4.78 is 84.8. The highest BCUT2D eigenvalue weighted by Gasteiger charge is 2.36. The molecule has 0 aromatic heterocycles. The van der Waals surface area contributed by atoms with Gasteiger partial charge in [0.2, 0.25) is 0 Å². The third-order valence-corrected chi connectivity index (χ3v) is 8.37. The van der Waals surface area contributed by atoms with Crippen molar-refractivity contribution in [2.24, 2.45) is 0 Å². The highest BCUT2D eigenvalue weighted by Crippen LogP contribution is 2.39. The van der Waals surface area contributed by atoms with Crippen LogP contribution in [-0.4, -0.2) is 58.8 Å². The van der Waals surface area contributed by atoms with Gasteiger partial charge in [-0.1, -0.05) is 23.7 Å². The lowest BCUT2D eigenvalue weighted by Gasteiger charge is -2.28. The van der Waals surface area contributed by atoms with E-state index in [0.29, 0.717) is 17.5 Å². The normalized spacial score (nSPS) is 13.8. The molecule has 15 heteroatoms. The van der Waals surface area contributed by atoms with Crippen molar-refractivity contribution in [3.05, 3.63) is 70.7 Å². The molecule has 3 aromatic rings. The Balaban J connectivity index is 1.73. The summed E-state index contributed by atoms with van der Waals surface area (Å²) in [7, 11) is -2.34. The maximum absolute atomic E-state index is 14.4. The van der Waals surface area contributed by atoms with Crippen molar-refractivity contribution in [3.8, 4) is 17.2 Å². The zero-order valence-corrected chi connectivity index (χ0v) is 28.5. The minimum atomic E-state index is -4.94. The van der Waals surface area contributed by atoms with Crippen molar-refractivity contribution >= 4 is 44.7 Å². The number of benzene rings is 3. The van der Waals surface area contributed by atoms with Gasteiger partial charge in [-0.2, -0.15) is 0 Å². The highest BCUT2D eigenvalue weighted by molar-refractivity contribution is 7.90. The Kier molecular flexibility index (Phi) is 11.1. The van der Waals surface area contributed by atoms with Crippen LogP contribution in [-0.2, 0) is 30.6 Å². The van der Waals surface area contributed by atoms with Gasteiger partial charge in [0.25, 0.3) is 5.91 Å². The molecule has 1 aliphatic rings. The van der Waals surface area contributed by atoms with Crippen LogP contribution in [0.5, 0.6) is 17.2 Å². The SMILES string of the molecule is COc1cc(NC(C(=O)N2CCc3ccc(OC(F)(F)F)cc32)c2ccc(Cl)cc2OCCCC(=O)OC(C)(C)C)cc(S(C)(=O)=O)c1. The Labute approximate surface area is 282 Å². The standard InChI is InChI=1S/C33H36ClF3N2O8S/c1-32(2,3)47-29(40)7-6-14-45-28-15-21(34)9-11-26(28)30(38-22-16-24(44-4)18-25(17-22)48(5,42)43)31(41)39-13-12-20-8-10-23(19-27(20)39)46-33(35,36)37/h8-11,15-19,30,38H,6-7,12-14H2,1-5H3. The first-order chi connectivity index (χ1) is 22.3. The van der Waals surface area contributed by atoms with E-state index in [4.69, 9.17) is 25.8 Å². The summed E-state index contributed by atoms with van der Waals surface area (Å²) in [6, 6.07) is 11.3. The van der Waals surface area contributed by atoms with Gasteiger partial charge in [0.05, 0.1) is 24.3 Å². The van der Waals surface area contributed by atoms with Crippen LogP contribution >= 0.6 is 11.6 Å². The Morgan fingerprint density at radius 2 is 1.75 bits per heavy atom. The molecule has 0 saturated heterocycles. The van der Waals surface area contributed by atoms with Crippen molar-refractivity contribution in [2.75, 3.05) is 36.7 Å². The number of methoxy groups -OCH3 is 1. The molecule has 0 radical (unpaired) electrons. The number of hydrogen-bond acceptors (Lipinski definition) is 9. The van der Waals surface area contributed by atoms with Crippen LogP contribution in [0.2, 0.25) is 5.02 Å². The Hall–Kier alpha value is -4.17. The number of carbonyl (C=O) groups excluding carboxylic acids is 2. The quantitative estimate of drug-likeness (QED) is 0.158. The van der Waals surface area contributed by atoms with Crippen molar-refractivity contribution in [1.29, 1.82) is 0 Å². The number of carbonyl (C=O) groups is 2. The van der Waals surface area contributed by atoms with Crippen LogP contribution in [0.15, 0.2) is 59.5 Å². The number of rotatable bonds is 12. The Morgan fingerprint density at radius 3 is 2.40 bits per heavy atom. The van der Waals surface area contributed by atoms with E-state index < -0.39 is 45.5 Å². The largest absolute Gasteiger partial charge is 0.573 e. The lowest BCUT2D eigenvalue weighted by molar-refractivity contribution is -0.274. The van der Waals surface area contributed by atoms with Gasteiger partial charge in [0, 0.05) is 47.6 Å². The summed E-state index contributed by atoms with van der Waals surface area (Å²) >= 11 is 6.31. The molecule has 1 amide bonds. The summed E-state index contributed by atoms with van der Waals surface area (Å²) in [4.78, 5) is 27.9. The molecular weight excluding hydrogens is 677 g/mol. The molecule has 0 bridgehead atoms. The first kappa shape index (κ1) is 36.7. The fourth-order valence-electron chi connectivity index (χ4n) is 5.03. The molecule has 260 valence electrons. The molecule has 1 heterocycles. The third kappa shape index (κ3) is 9.92. The number of ether oxygens (including phenoxy) is 4. The second-order valence-electron chi connectivity index (χ2n) is 12.0. The Bertz CT molecular complexity index is 1780. The summed E-state index contributed by atoms with van der Waals surface area (Å²) in [5.74, 6) is -1.09. The van der Waals surface area contributed by atoms with Crippen LogP contribution in [0.4, 0.5) is 24.5 Å². The van der Waals surface area contributed by atoms with Crippen molar-refractivity contribution in [1.82, 2.24) is 0 Å². The Morgan fingerprint density at radius 1 is 1.02 bits per heavy atom. The van der Waals surface area contributed by atoms with Crippen LogP contribution in [0, 0.1) is 0 Å². The van der Waals surface area contributed by atoms with Crippen LogP contribution < -0.4 is 24.4 Å². The smallest absolute Gasteiger partial charge is 0.497 e. The summed E-state index contributed by atoms with van der Waals surface area (Å²) in [5, 5.41) is 3.38. The molecule has 10 nitrogen and oxygen atoms in total. The second kappa shape index (κ2) is 14.5. The van der Waals surface area contributed by atoms with Gasteiger partial charge in [0.1, 0.15) is 28.9 Å². The molecule has 1 atom stereocenters. The minimum Gasteiger partial charge on any atom is -0.497 e. The van der Waals surface area contributed by atoms with E-state index in [2.05, 4.69) is 10.1 Å². The number of amides is 1. The average molecular weight is 713 g/mol. The molecule has 0 spiro atoms. The predicted octanol–water partition coefficient (Wildman–Crippen LogP) is 6.89. The van der Waals surface area contributed by atoms with Crippen molar-refractivity contribution in [3.63, 3.8) is 0 Å². The van der Waals surface area contributed by atoms with E-state index in [1.807, 2.05) is 0 Å². The number of anilines is 2. The van der Waals surface area contributed by atoms with E-state index in [1.54, 1.807) is 26.8 Å². The number of alkyl halides is 3. The van der Waals surface area contributed by atoms with E-state index in [-0.39, 0.29) is 58.8 Å². The second-order valence-corrected chi connectivity index (χ2v) is 14.5. The number of hydrogen-bond donors (Lipinski definition) is 1. The summed E-state index contributed by atoms with van der Waals surface area (Å²) in [5.41, 5.74) is 0.702. The van der Waals surface area contributed by atoms with E-state index >= 15 is 0 Å². The predicted molar refractivity (Wildman–Crippen MR) is 174 cm³/mol. The first-order valence-corrected chi connectivity index (χ1v) is 17.1. The average Bonchev–Trinajstić information content (AvgIpc) is 3.39. The zero-order valence-electron chi connectivity index (χ0n) is 26.9. The molecule has 1 unspecified atom stereocenters. The van der Waals surface area contributed by atoms with Gasteiger partial charge in [-0.15, -0.1) is 13.2 Å². The molecule has 0 aliphatic carbocycles. The van der Waals surface area contributed by atoms with Gasteiger partial charge in [-0.3, -0.25) is 9.59 Å². The topological polar surface area (TPSA) is 120 Å². The molecule has 1 aliphatic heterocycles. The van der Waals surface area contributed by atoms with Gasteiger partial charge < -0.3 is 29.2 Å². The fraction of sp³-hybridized carbons (Fsp3) is 0.394. The van der Waals surface area contributed by atoms with Crippen molar-refractivity contribution in [2.45, 2.75) is 62.9 Å². The van der Waals surface area contributed by atoms with Crippen LogP contribution in [0.1, 0.15) is 50.8 Å². The molecule has 0 saturated carbocycles. The molecule has 4 rings (SSSR count). The molecule has 48 heavy (non-hydrogen) atoms. The van der Waals surface area contributed by atoms with Gasteiger partial charge in [0.15, 0.2) is 9.84 Å². The number of halogens is 4. The monoisotopic (exact) mass is 712 g/mol. The minimum absolute atomic E-state index is 0.0512. The molecular formula is C33H36ClF3N2O8S. The summed E-state index contributed by atoms with van der Waals surface area (Å²) in [6.45, 7) is 5.47. The number of nitrogens with zero attached hydrogens (tertiary/aromatic N) is 1. The highest BCUT2D eigenvalue weighted by atomic mass is 35.5. The lowest BCUT2D eigenvalue weighted by atomic mass is 10.0. The number of sulfone groups is 1. The van der Waals surface area contributed by atoms with Crippen LogP contribution in [0.3, 0.4) is 0 Å². The van der Waals surface area contributed by atoms with E-state index in [1.165, 1.54) is 54.5 Å². The molecule has 3 aromatic carbocycles. The summed E-state index contributed by atoms with van der Waals surface area (Å²) in [6.07, 6.45) is -3.19. The number of fused-ring (bicyclic) bond motifs is 1. The lowest BCUT2D eigenvalue weighted by Crippen LogP contribution is -2.37. The fourth-order valence-corrected chi connectivity index (χ4v) is 5.86. The molecule has 0 fully saturated rings. The maximum atomic E-state index is 14.4. The van der Waals surface area contributed by atoms with Crippen molar-refractivity contribution < 1.29 is 50.1 Å². The third-order valence-electron chi connectivity index (χ3n) is 7.04. The number of esters is 1. The van der Waals surface area contributed by atoms with E-state index in [9.17, 15) is 31.2 Å². The number of nitrogens with one attached hydrogen (secondary N) is 1. The molecule has 1 N–H and O–H groups in total. The van der Waals surface area contributed by atoms with E-state index in [0.717, 1.165) is 12.3 Å². The van der Waals surface area contributed by atoms with Gasteiger partial charge in [-0.05, 0) is 69.5 Å². The first-order valence-electron chi connectivity index (χ1n) is 14.8.